The maximum atomic E-state index is 11.6. The second-order valence-corrected chi connectivity index (χ2v) is 11.5. The van der Waals surface area contributed by atoms with Gasteiger partial charge in [0.15, 0.2) is 0 Å². The summed E-state index contributed by atoms with van der Waals surface area (Å²) in [7, 11) is 1.46. The van der Waals surface area contributed by atoms with Crippen molar-refractivity contribution in [2.45, 2.75) is 97.2 Å². The fourth-order valence-corrected chi connectivity index (χ4v) is 8.81. The molecule has 0 aromatic rings. The fourth-order valence-electron chi connectivity index (χ4n) is 8.81. The summed E-state index contributed by atoms with van der Waals surface area (Å²) in [5.41, 5.74) is 0.271. The first-order valence-electron chi connectivity index (χ1n) is 12.1. The third-order valence-electron chi connectivity index (χ3n) is 10.5. The molecule has 0 saturated heterocycles. The van der Waals surface area contributed by atoms with Crippen molar-refractivity contribution in [2.24, 2.45) is 46.3 Å². The van der Waals surface area contributed by atoms with E-state index in [1.54, 1.807) is 0 Å². The van der Waals surface area contributed by atoms with E-state index in [4.69, 9.17) is 4.74 Å². The molecule has 0 aromatic carbocycles. The van der Waals surface area contributed by atoms with Gasteiger partial charge in [0.2, 0.25) is 0 Å². The van der Waals surface area contributed by atoms with Crippen LogP contribution in [0, 0.1) is 46.3 Å². The number of ether oxygens (including phenoxy) is 1. The maximum absolute atomic E-state index is 11.6. The maximum Gasteiger partial charge on any atom is 0.305 e. The molecule has 0 heterocycles. The van der Waals surface area contributed by atoms with Crippen LogP contribution in [0.2, 0.25) is 0 Å². The standard InChI is InChI=1S/C25H42O4/c1-15(5-10-23(28)29-4)19-8-9-20-18-7-6-16-13-17(26)11-12-24(16,2)21(18)14-22(27)25(19,20)3/h15-22,26-27H,5-14H2,1-4H3/t15-,16+,17+,18+,19-,20+,21+,22+,24+,25-/m1/s1. The van der Waals surface area contributed by atoms with E-state index in [1.165, 1.54) is 32.8 Å². The van der Waals surface area contributed by atoms with E-state index in [0.29, 0.717) is 41.4 Å². The van der Waals surface area contributed by atoms with Gasteiger partial charge in [-0.25, -0.2) is 0 Å². The van der Waals surface area contributed by atoms with Crippen molar-refractivity contribution in [3.8, 4) is 0 Å². The van der Waals surface area contributed by atoms with Gasteiger partial charge in [0.1, 0.15) is 0 Å². The van der Waals surface area contributed by atoms with Gasteiger partial charge in [-0.2, -0.15) is 0 Å². The number of aliphatic hydroxyl groups excluding tert-OH is 2. The summed E-state index contributed by atoms with van der Waals surface area (Å²) in [6.45, 7) is 7.12. The van der Waals surface area contributed by atoms with Crippen molar-refractivity contribution in [3.63, 3.8) is 0 Å². The molecular weight excluding hydrogens is 364 g/mol. The number of carbonyl (C=O) groups is 1. The number of carbonyl (C=O) groups excluding carboxylic acids is 1. The van der Waals surface area contributed by atoms with Gasteiger partial charge in [0, 0.05) is 6.42 Å². The highest BCUT2D eigenvalue weighted by molar-refractivity contribution is 5.69. The quantitative estimate of drug-likeness (QED) is 0.671. The highest BCUT2D eigenvalue weighted by Crippen LogP contribution is 2.68. The molecule has 0 unspecified atom stereocenters. The van der Waals surface area contributed by atoms with Gasteiger partial charge in [0.05, 0.1) is 19.3 Å². The number of esters is 1. The van der Waals surface area contributed by atoms with Gasteiger partial charge in [-0.1, -0.05) is 20.8 Å². The molecular formula is C25H42O4. The highest BCUT2D eigenvalue weighted by Gasteiger charge is 2.63. The van der Waals surface area contributed by atoms with Gasteiger partial charge < -0.3 is 14.9 Å². The Balaban J connectivity index is 1.53. The van der Waals surface area contributed by atoms with Crippen LogP contribution in [0.1, 0.15) is 85.0 Å². The molecule has 166 valence electrons. The van der Waals surface area contributed by atoms with Gasteiger partial charge >= 0.3 is 5.97 Å². The minimum Gasteiger partial charge on any atom is -0.469 e. The minimum absolute atomic E-state index is 0.0198. The molecule has 29 heavy (non-hydrogen) atoms. The molecule has 0 aliphatic heterocycles. The molecule has 4 fully saturated rings. The molecule has 0 bridgehead atoms. The lowest BCUT2D eigenvalue weighted by Crippen LogP contribution is -2.58. The lowest BCUT2D eigenvalue weighted by molar-refractivity contribution is -0.175. The van der Waals surface area contributed by atoms with Crippen molar-refractivity contribution in [2.75, 3.05) is 7.11 Å². The lowest BCUT2D eigenvalue weighted by atomic mass is 9.43. The van der Waals surface area contributed by atoms with Crippen LogP contribution in [0.3, 0.4) is 0 Å². The Morgan fingerprint density at radius 2 is 1.83 bits per heavy atom. The molecule has 0 aromatic heterocycles. The van der Waals surface area contributed by atoms with Crippen LogP contribution in [-0.4, -0.2) is 35.5 Å². The summed E-state index contributed by atoms with van der Waals surface area (Å²) in [5.74, 6) is 3.36. The zero-order valence-electron chi connectivity index (χ0n) is 18.9. The van der Waals surface area contributed by atoms with E-state index in [0.717, 1.165) is 38.0 Å². The molecule has 10 atom stereocenters. The first-order valence-corrected chi connectivity index (χ1v) is 12.1. The summed E-state index contributed by atoms with van der Waals surface area (Å²) in [4.78, 5) is 11.6. The number of aliphatic hydroxyl groups is 2. The lowest BCUT2D eigenvalue weighted by Gasteiger charge is -2.62. The molecule has 4 heteroatoms. The molecule has 4 rings (SSSR count). The van der Waals surface area contributed by atoms with E-state index in [1.807, 2.05) is 0 Å². The van der Waals surface area contributed by atoms with Gasteiger partial charge in [-0.05, 0) is 104 Å². The normalized spacial score (nSPS) is 50.2. The molecule has 0 radical (unpaired) electrons. The van der Waals surface area contributed by atoms with Crippen LogP contribution in [-0.2, 0) is 9.53 Å². The van der Waals surface area contributed by atoms with Gasteiger partial charge in [0.25, 0.3) is 0 Å². The predicted octanol–water partition coefficient (Wildman–Crippen LogP) is 4.57. The topological polar surface area (TPSA) is 66.8 Å². The van der Waals surface area contributed by atoms with Crippen LogP contribution in [0.25, 0.3) is 0 Å². The smallest absolute Gasteiger partial charge is 0.305 e. The summed E-state index contributed by atoms with van der Waals surface area (Å²) in [6, 6.07) is 0. The third kappa shape index (κ3) is 3.37. The Hall–Kier alpha value is -0.610. The Morgan fingerprint density at radius 3 is 2.55 bits per heavy atom. The summed E-state index contributed by atoms with van der Waals surface area (Å²) in [5, 5.41) is 21.8. The third-order valence-corrected chi connectivity index (χ3v) is 10.5. The second kappa shape index (κ2) is 7.82. The van der Waals surface area contributed by atoms with Crippen LogP contribution >= 0.6 is 0 Å². The van der Waals surface area contributed by atoms with E-state index in [2.05, 4.69) is 20.8 Å². The van der Waals surface area contributed by atoms with Crippen molar-refractivity contribution >= 4 is 5.97 Å². The number of rotatable bonds is 4. The number of fused-ring (bicyclic) bond motifs is 5. The second-order valence-electron chi connectivity index (χ2n) is 11.5. The van der Waals surface area contributed by atoms with Crippen molar-refractivity contribution in [1.29, 1.82) is 0 Å². The van der Waals surface area contributed by atoms with Crippen LogP contribution < -0.4 is 0 Å². The largest absolute Gasteiger partial charge is 0.469 e. The van der Waals surface area contributed by atoms with Crippen LogP contribution in [0.5, 0.6) is 0 Å². The molecule has 4 nitrogen and oxygen atoms in total. The minimum atomic E-state index is -0.246. The SMILES string of the molecule is COC(=O)CC[C@@H](C)[C@H]1CC[C@H]2[C@@H]3CC[C@H]4C[C@@H](O)CC[C@]4(C)[C@H]3C[C@H](O)[C@]12C. The Bertz CT molecular complexity index is 620. The van der Waals surface area contributed by atoms with E-state index in [9.17, 15) is 15.0 Å². The van der Waals surface area contributed by atoms with Crippen molar-refractivity contribution in [1.82, 2.24) is 0 Å². The first-order chi connectivity index (χ1) is 13.7. The molecule has 4 aliphatic carbocycles. The fraction of sp³-hybridized carbons (Fsp3) is 0.960. The monoisotopic (exact) mass is 406 g/mol. The molecule has 0 spiro atoms. The van der Waals surface area contributed by atoms with Crippen LogP contribution in [0.15, 0.2) is 0 Å². The van der Waals surface area contributed by atoms with E-state index in [-0.39, 0.29) is 23.6 Å². The summed E-state index contributed by atoms with van der Waals surface area (Å²) < 4.78 is 4.85. The molecule has 4 saturated carbocycles. The predicted molar refractivity (Wildman–Crippen MR) is 113 cm³/mol. The number of hydrogen-bond acceptors (Lipinski definition) is 4. The Morgan fingerprint density at radius 1 is 1.07 bits per heavy atom. The Labute approximate surface area is 176 Å². The zero-order valence-corrected chi connectivity index (χ0v) is 18.9. The van der Waals surface area contributed by atoms with Crippen LogP contribution in [0.4, 0.5) is 0 Å². The molecule has 0 amide bonds. The average Bonchev–Trinajstić information content (AvgIpc) is 3.06. The zero-order chi connectivity index (χ0) is 21.0. The highest BCUT2D eigenvalue weighted by atomic mass is 16.5. The summed E-state index contributed by atoms with van der Waals surface area (Å²) >= 11 is 0. The van der Waals surface area contributed by atoms with Gasteiger partial charge in [-0.3, -0.25) is 4.79 Å². The van der Waals surface area contributed by atoms with Crippen molar-refractivity contribution in [3.05, 3.63) is 0 Å². The Kier molecular flexibility index (Phi) is 5.83. The van der Waals surface area contributed by atoms with Crippen molar-refractivity contribution < 1.29 is 19.7 Å². The first kappa shape index (κ1) is 21.6. The van der Waals surface area contributed by atoms with E-state index < -0.39 is 0 Å². The van der Waals surface area contributed by atoms with E-state index >= 15 is 0 Å². The number of methoxy groups -OCH3 is 1. The molecule has 4 aliphatic rings. The van der Waals surface area contributed by atoms with Gasteiger partial charge in [-0.15, -0.1) is 0 Å². The summed E-state index contributed by atoms with van der Waals surface area (Å²) in [6.07, 6.45) is 9.86. The number of hydrogen-bond donors (Lipinski definition) is 2. The average molecular weight is 407 g/mol. The molecule has 2 N–H and O–H groups in total.